The Morgan fingerprint density at radius 3 is 3.24 bits per heavy atom. The lowest BCUT2D eigenvalue weighted by atomic mass is 10.0. The van der Waals surface area contributed by atoms with Crippen molar-refractivity contribution in [2.45, 2.75) is 25.3 Å². The summed E-state index contributed by atoms with van der Waals surface area (Å²) in [6.07, 6.45) is 5.25. The van der Waals surface area contributed by atoms with E-state index in [0.29, 0.717) is 11.7 Å². The summed E-state index contributed by atoms with van der Waals surface area (Å²) in [6.45, 7) is 1.93. The molecule has 0 saturated carbocycles. The van der Waals surface area contributed by atoms with Gasteiger partial charge in [-0.15, -0.1) is 0 Å². The normalized spacial score (nSPS) is 21.4. The summed E-state index contributed by atoms with van der Waals surface area (Å²) < 4.78 is 0. The van der Waals surface area contributed by atoms with Crippen LogP contribution in [0.5, 0.6) is 0 Å². The van der Waals surface area contributed by atoms with E-state index in [4.69, 9.17) is 11.6 Å². The van der Waals surface area contributed by atoms with E-state index in [9.17, 15) is 4.79 Å². The zero-order valence-electron chi connectivity index (χ0n) is 9.87. The fourth-order valence-electron chi connectivity index (χ4n) is 2.14. The molecule has 2 heterocycles. The molecule has 0 bridgehead atoms. The molecule has 1 aliphatic heterocycles. The lowest BCUT2D eigenvalue weighted by Gasteiger charge is -2.32. The van der Waals surface area contributed by atoms with E-state index >= 15 is 0 Å². The number of halogens is 1. The third kappa shape index (κ3) is 2.98. The van der Waals surface area contributed by atoms with Crippen LogP contribution in [0.3, 0.4) is 0 Å². The van der Waals surface area contributed by atoms with E-state index in [2.05, 4.69) is 27.5 Å². The Morgan fingerprint density at radius 2 is 2.47 bits per heavy atom. The summed E-state index contributed by atoms with van der Waals surface area (Å²) in [5.41, 5.74) is 0.253. The summed E-state index contributed by atoms with van der Waals surface area (Å²) in [7, 11) is 2.13. The number of likely N-dealkylation sites (N-methyl/N-ethyl adjacent to an activating group) is 1. The van der Waals surface area contributed by atoms with Crippen molar-refractivity contribution in [2.24, 2.45) is 0 Å². The smallest absolute Gasteiger partial charge is 0.285 e. The number of piperidine rings is 1. The number of nitrogens with one attached hydrogen (secondary N) is 2. The zero-order valence-corrected chi connectivity index (χ0v) is 10.6. The molecule has 94 valence electrons. The van der Waals surface area contributed by atoms with Crippen LogP contribution in [0.1, 0.15) is 19.3 Å². The van der Waals surface area contributed by atoms with Crippen LogP contribution in [-0.2, 0) is 0 Å². The molecule has 1 saturated heterocycles. The highest BCUT2D eigenvalue weighted by atomic mass is 35.5. The molecular formula is C11H17ClN4O. The number of nitrogens with zero attached hydrogens (tertiary/aromatic N) is 2. The van der Waals surface area contributed by atoms with Gasteiger partial charge in [0.1, 0.15) is 5.02 Å². The molecule has 0 amide bonds. The van der Waals surface area contributed by atoms with E-state index in [-0.39, 0.29) is 10.6 Å². The van der Waals surface area contributed by atoms with Crippen LogP contribution in [0.4, 0.5) is 5.69 Å². The molecule has 2 rings (SSSR count). The average Bonchev–Trinajstić information content (AvgIpc) is 2.33. The van der Waals surface area contributed by atoms with Gasteiger partial charge in [0.2, 0.25) is 0 Å². The number of rotatable bonds is 3. The van der Waals surface area contributed by atoms with Crippen LogP contribution in [0, 0.1) is 0 Å². The predicted molar refractivity (Wildman–Crippen MR) is 68.6 cm³/mol. The highest BCUT2D eigenvalue weighted by Crippen LogP contribution is 2.18. The molecule has 6 heteroatoms. The van der Waals surface area contributed by atoms with Gasteiger partial charge in [-0.3, -0.25) is 4.79 Å². The second-order valence-corrected chi connectivity index (χ2v) is 4.82. The second-order valence-electron chi connectivity index (χ2n) is 4.44. The average molecular weight is 257 g/mol. The Kier molecular flexibility index (Phi) is 4.02. The predicted octanol–water partition coefficient (Wildman–Crippen LogP) is 1.32. The first-order chi connectivity index (χ1) is 8.18. The topological polar surface area (TPSA) is 61.0 Å². The minimum atomic E-state index is -0.353. The van der Waals surface area contributed by atoms with E-state index in [1.807, 2.05) is 0 Å². The zero-order chi connectivity index (χ0) is 12.3. The quantitative estimate of drug-likeness (QED) is 0.856. The number of hydrogen-bond donors (Lipinski definition) is 2. The molecule has 17 heavy (non-hydrogen) atoms. The summed E-state index contributed by atoms with van der Waals surface area (Å²) in [5.74, 6) is 0. The number of likely N-dealkylation sites (tertiary alicyclic amines) is 1. The van der Waals surface area contributed by atoms with Crippen molar-refractivity contribution in [3.8, 4) is 0 Å². The van der Waals surface area contributed by atoms with Crippen molar-refractivity contribution in [3.63, 3.8) is 0 Å². The largest absolute Gasteiger partial charge is 0.381 e. The Bertz CT molecular complexity index is 434. The third-order valence-electron chi connectivity index (χ3n) is 3.25. The first-order valence-electron chi connectivity index (χ1n) is 5.86. The fraction of sp³-hybridized carbons (Fsp3) is 0.636. The molecule has 2 N–H and O–H groups in total. The number of aromatic amines is 1. The third-order valence-corrected chi connectivity index (χ3v) is 3.62. The molecular weight excluding hydrogens is 240 g/mol. The lowest BCUT2D eigenvalue weighted by molar-refractivity contribution is 0.194. The maximum absolute atomic E-state index is 11.3. The van der Waals surface area contributed by atoms with Crippen molar-refractivity contribution in [1.29, 1.82) is 0 Å². The standard InChI is InChI=1S/C11H17ClN4O/c1-16-5-3-2-4-8(16)6-13-9-7-14-15-11(17)10(9)12/h7-8H,2-6H2,1H3,(H2,13,15,17). The second kappa shape index (κ2) is 5.51. The highest BCUT2D eigenvalue weighted by molar-refractivity contribution is 6.32. The van der Waals surface area contributed by atoms with Gasteiger partial charge in [-0.1, -0.05) is 18.0 Å². The molecule has 5 nitrogen and oxygen atoms in total. The van der Waals surface area contributed by atoms with Gasteiger partial charge in [0.15, 0.2) is 0 Å². The molecule has 1 fully saturated rings. The van der Waals surface area contributed by atoms with Gasteiger partial charge in [-0.2, -0.15) is 5.10 Å². The highest BCUT2D eigenvalue weighted by Gasteiger charge is 2.18. The minimum absolute atomic E-state index is 0.179. The molecule has 1 atom stereocenters. The van der Waals surface area contributed by atoms with Crippen molar-refractivity contribution < 1.29 is 0 Å². The van der Waals surface area contributed by atoms with Crippen LogP contribution < -0.4 is 10.9 Å². The molecule has 0 radical (unpaired) electrons. The summed E-state index contributed by atoms with van der Waals surface area (Å²) in [4.78, 5) is 13.6. The number of anilines is 1. The van der Waals surface area contributed by atoms with Crippen LogP contribution in [0.25, 0.3) is 0 Å². The maximum atomic E-state index is 11.3. The van der Waals surface area contributed by atoms with E-state index in [1.165, 1.54) is 19.3 Å². The van der Waals surface area contributed by atoms with Crippen LogP contribution in [0.2, 0.25) is 5.02 Å². The van der Waals surface area contributed by atoms with Crippen LogP contribution >= 0.6 is 11.6 Å². The molecule has 0 spiro atoms. The summed E-state index contributed by atoms with van der Waals surface area (Å²) in [6, 6.07) is 0.499. The first kappa shape index (κ1) is 12.4. The number of H-pyrrole nitrogens is 1. The minimum Gasteiger partial charge on any atom is -0.381 e. The Hall–Kier alpha value is -1.07. The Balaban J connectivity index is 1.97. The van der Waals surface area contributed by atoms with Gasteiger partial charge >= 0.3 is 0 Å². The van der Waals surface area contributed by atoms with E-state index in [1.54, 1.807) is 6.20 Å². The summed E-state index contributed by atoms with van der Waals surface area (Å²) >= 11 is 5.89. The van der Waals surface area contributed by atoms with E-state index in [0.717, 1.165) is 13.1 Å². The molecule has 1 unspecified atom stereocenters. The monoisotopic (exact) mass is 256 g/mol. The van der Waals surface area contributed by atoms with Crippen molar-refractivity contribution >= 4 is 17.3 Å². The Labute approximate surface area is 105 Å². The van der Waals surface area contributed by atoms with Gasteiger partial charge in [0, 0.05) is 12.6 Å². The summed E-state index contributed by atoms with van der Waals surface area (Å²) in [5, 5.41) is 9.41. The molecule has 1 aromatic heterocycles. The fourth-order valence-corrected chi connectivity index (χ4v) is 2.29. The van der Waals surface area contributed by atoms with Crippen molar-refractivity contribution in [1.82, 2.24) is 15.1 Å². The lowest BCUT2D eigenvalue weighted by Crippen LogP contribution is -2.40. The number of hydrogen-bond acceptors (Lipinski definition) is 4. The van der Waals surface area contributed by atoms with Gasteiger partial charge in [0.05, 0.1) is 11.9 Å². The van der Waals surface area contributed by atoms with Crippen LogP contribution in [0.15, 0.2) is 11.0 Å². The maximum Gasteiger partial charge on any atom is 0.285 e. The molecule has 0 aromatic carbocycles. The Morgan fingerprint density at radius 1 is 1.65 bits per heavy atom. The molecule has 0 aliphatic carbocycles. The van der Waals surface area contributed by atoms with Crippen molar-refractivity contribution in [2.75, 3.05) is 25.5 Å². The van der Waals surface area contributed by atoms with Crippen LogP contribution in [-0.4, -0.2) is 41.3 Å². The molecule has 1 aromatic rings. The SMILES string of the molecule is CN1CCCCC1CNc1cn[nH]c(=O)c1Cl. The van der Waals surface area contributed by atoms with Gasteiger partial charge in [-0.05, 0) is 26.4 Å². The van der Waals surface area contributed by atoms with Gasteiger partial charge in [-0.25, -0.2) is 5.10 Å². The van der Waals surface area contributed by atoms with Gasteiger partial charge < -0.3 is 10.2 Å². The number of aromatic nitrogens is 2. The van der Waals surface area contributed by atoms with Crippen molar-refractivity contribution in [3.05, 3.63) is 21.6 Å². The van der Waals surface area contributed by atoms with E-state index < -0.39 is 0 Å². The molecule has 1 aliphatic rings. The first-order valence-corrected chi connectivity index (χ1v) is 6.23. The van der Waals surface area contributed by atoms with Gasteiger partial charge in [0.25, 0.3) is 5.56 Å².